The third-order valence-electron chi connectivity index (χ3n) is 18.0. The lowest BCUT2D eigenvalue weighted by Crippen LogP contribution is -2.33. The quantitative estimate of drug-likeness (QED) is 0.171. The molecule has 2 aromatic heterocycles. The van der Waals surface area contributed by atoms with Crippen molar-refractivity contribution >= 4 is 70.4 Å². The van der Waals surface area contributed by atoms with Gasteiger partial charge in [-0.15, -0.1) is 11.3 Å². The molecule has 18 rings (SSSR count). The lowest BCUT2D eigenvalue weighted by Gasteiger charge is -2.39. The zero-order chi connectivity index (χ0) is 50.1. The van der Waals surface area contributed by atoms with E-state index >= 15 is 0 Å². The van der Waals surface area contributed by atoms with Crippen LogP contribution in [0, 0.1) is 0 Å². The maximum atomic E-state index is 2.57. The second-order valence-corrected chi connectivity index (χ2v) is 22.5. The molecular weight excluding hydrogens is 949 g/mol. The van der Waals surface area contributed by atoms with E-state index in [1.54, 1.807) is 0 Å². The molecule has 1 atom stereocenters. The molecule has 0 bridgehead atoms. The van der Waals surface area contributed by atoms with Crippen LogP contribution in [-0.2, 0) is 10.8 Å². The maximum Gasteiger partial charge on any atom is 0.0755 e. The van der Waals surface area contributed by atoms with Crippen LogP contribution in [0.15, 0.2) is 267 Å². The number of hydrogen-bond donors (Lipinski definition) is 0. The summed E-state index contributed by atoms with van der Waals surface area (Å²) in [6.07, 6.45) is 0. The predicted molar refractivity (Wildman–Crippen MR) is 321 cm³/mol. The van der Waals surface area contributed by atoms with Crippen LogP contribution in [-0.4, -0.2) is 4.57 Å². The Morgan fingerprint density at radius 3 is 1.58 bits per heavy atom. The second-order valence-electron chi connectivity index (χ2n) is 21.4. The van der Waals surface area contributed by atoms with Crippen molar-refractivity contribution in [1.82, 2.24) is 4.57 Å². The summed E-state index contributed by atoms with van der Waals surface area (Å²) < 4.78 is 5.17. The molecule has 0 N–H and O–H groups in total. The molecule has 77 heavy (non-hydrogen) atoms. The Balaban J connectivity index is 0.908. The van der Waals surface area contributed by atoms with Crippen LogP contribution in [0.25, 0.3) is 92.2 Å². The zero-order valence-electron chi connectivity index (χ0n) is 41.7. The highest BCUT2D eigenvalue weighted by Gasteiger charge is 2.53. The molecule has 2 nitrogen and oxygen atoms in total. The molecule has 0 saturated heterocycles. The molecule has 2 spiro atoms. The Morgan fingerprint density at radius 2 is 0.831 bits per heavy atom. The van der Waals surface area contributed by atoms with E-state index < -0.39 is 10.8 Å². The molecular formula is C74H44N2S. The van der Waals surface area contributed by atoms with Crippen LogP contribution in [0.4, 0.5) is 17.1 Å². The van der Waals surface area contributed by atoms with E-state index in [-0.39, 0.29) is 0 Å². The number of fused-ring (bicyclic) bond motifs is 25. The highest BCUT2D eigenvalue weighted by molar-refractivity contribution is 7.25. The molecule has 4 aliphatic rings. The fraction of sp³-hybridized carbons (Fsp3) is 0.0270. The van der Waals surface area contributed by atoms with Gasteiger partial charge in [-0.25, -0.2) is 0 Å². The summed E-state index contributed by atoms with van der Waals surface area (Å²) in [5.74, 6) is 0. The molecule has 1 unspecified atom stereocenters. The molecule has 0 saturated carbocycles. The van der Waals surface area contributed by atoms with Crippen molar-refractivity contribution in [1.29, 1.82) is 0 Å². The van der Waals surface area contributed by atoms with E-state index in [1.165, 1.54) is 137 Å². The van der Waals surface area contributed by atoms with Gasteiger partial charge in [-0.3, -0.25) is 0 Å². The molecule has 0 radical (unpaired) electrons. The van der Waals surface area contributed by atoms with Gasteiger partial charge >= 0.3 is 0 Å². The summed E-state index contributed by atoms with van der Waals surface area (Å²) in [6.45, 7) is 0. The van der Waals surface area contributed by atoms with Crippen molar-refractivity contribution in [2.45, 2.75) is 10.8 Å². The summed E-state index contributed by atoms with van der Waals surface area (Å²) in [4.78, 5) is 2.57. The second kappa shape index (κ2) is 15.1. The molecule has 0 amide bonds. The third-order valence-corrected chi connectivity index (χ3v) is 19.1. The van der Waals surface area contributed by atoms with Gasteiger partial charge in [-0.05, 0) is 138 Å². The SMILES string of the molecule is c1ccc2c(c1)-c1ccccc1C21c2ccccc2-c2ccc(N(c3ccc(-c4ccc5c(c4)sc4ccccc45)cc3)c3cccc4c3-c3ccccc3C43c4ccccc4-n4c5ccccc5c5cccc3c54)cc21. The zero-order valence-corrected chi connectivity index (χ0v) is 42.5. The summed E-state index contributed by atoms with van der Waals surface area (Å²) in [5, 5.41) is 5.20. The summed E-state index contributed by atoms with van der Waals surface area (Å²) in [5.41, 5.74) is 26.7. The number of hydrogen-bond acceptors (Lipinski definition) is 2. The Morgan fingerprint density at radius 1 is 0.312 bits per heavy atom. The molecule has 3 heteroatoms. The lowest BCUT2D eigenvalue weighted by atomic mass is 9.65. The average Bonchev–Trinajstić information content (AvgIpc) is 4.27. The first kappa shape index (κ1) is 41.8. The summed E-state index contributed by atoms with van der Waals surface area (Å²) >= 11 is 1.87. The van der Waals surface area contributed by atoms with Gasteiger partial charge in [0.1, 0.15) is 0 Å². The molecule has 356 valence electrons. The van der Waals surface area contributed by atoms with Crippen LogP contribution in [0.1, 0.15) is 44.5 Å². The predicted octanol–water partition coefficient (Wildman–Crippen LogP) is 19.3. The maximum absolute atomic E-state index is 2.57. The van der Waals surface area contributed by atoms with Gasteiger partial charge in [0.15, 0.2) is 0 Å². The van der Waals surface area contributed by atoms with Gasteiger partial charge in [0.25, 0.3) is 0 Å². The number of anilines is 3. The number of nitrogens with zero attached hydrogens (tertiary/aromatic N) is 2. The van der Waals surface area contributed by atoms with E-state index in [9.17, 15) is 0 Å². The fourth-order valence-corrected chi connectivity index (χ4v) is 16.3. The minimum absolute atomic E-state index is 0.492. The standard InChI is InChI=1S/C74H44N2S/c1-7-24-58-49(17-1)50-18-2-8-25-59(50)73(58)60-26-9-3-19-51(60)52-42-40-48(44-65(52)73)75(47-38-35-45(36-39-47)46-37-41-55-54-21-6-14-34-69(54)77-70(55)43-46)68-33-16-29-63-71(68)57-22-4-10-27-61(57)74(63)62-28-11-13-32-67(62)76-66-31-12-5-20-53(66)56-23-15-30-64(74)72(56)76/h1-44H. The highest BCUT2D eigenvalue weighted by Crippen LogP contribution is 2.66. The molecule has 1 aliphatic heterocycles. The van der Waals surface area contributed by atoms with E-state index in [2.05, 4.69) is 276 Å². The fourth-order valence-electron chi connectivity index (χ4n) is 15.1. The van der Waals surface area contributed by atoms with E-state index in [1.807, 2.05) is 11.3 Å². The van der Waals surface area contributed by atoms with Crippen molar-refractivity contribution in [3.63, 3.8) is 0 Å². The molecule has 12 aromatic carbocycles. The Bertz CT molecular complexity index is 4830. The minimum atomic E-state index is -0.593. The van der Waals surface area contributed by atoms with Gasteiger partial charge in [0.05, 0.1) is 33.2 Å². The van der Waals surface area contributed by atoms with Crippen LogP contribution in [0.3, 0.4) is 0 Å². The van der Waals surface area contributed by atoms with Crippen LogP contribution in [0.5, 0.6) is 0 Å². The number of benzene rings is 12. The number of para-hydroxylation sites is 3. The van der Waals surface area contributed by atoms with E-state index in [0.29, 0.717) is 0 Å². The monoisotopic (exact) mass is 992 g/mol. The molecule has 3 aliphatic carbocycles. The molecule has 3 heterocycles. The number of thiophene rings is 1. The average molecular weight is 993 g/mol. The first-order valence-corrected chi connectivity index (χ1v) is 27.6. The lowest BCUT2D eigenvalue weighted by molar-refractivity contribution is 0.748. The normalized spacial score (nSPS) is 15.4. The van der Waals surface area contributed by atoms with Gasteiger partial charge < -0.3 is 9.47 Å². The van der Waals surface area contributed by atoms with Crippen LogP contribution >= 0.6 is 11.3 Å². The first-order chi connectivity index (χ1) is 38.2. The smallest absolute Gasteiger partial charge is 0.0755 e. The molecule has 14 aromatic rings. The van der Waals surface area contributed by atoms with Crippen LogP contribution < -0.4 is 4.90 Å². The van der Waals surface area contributed by atoms with Crippen molar-refractivity contribution in [3.05, 3.63) is 311 Å². The van der Waals surface area contributed by atoms with Gasteiger partial charge in [0.2, 0.25) is 0 Å². The minimum Gasteiger partial charge on any atom is -0.310 e. The third kappa shape index (κ3) is 5.15. The van der Waals surface area contributed by atoms with Crippen molar-refractivity contribution in [2.75, 3.05) is 4.90 Å². The van der Waals surface area contributed by atoms with Gasteiger partial charge in [-0.2, -0.15) is 0 Å². The van der Waals surface area contributed by atoms with Crippen molar-refractivity contribution in [2.24, 2.45) is 0 Å². The number of rotatable bonds is 4. The van der Waals surface area contributed by atoms with E-state index in [4.69, 9.17) is 0 Å². The Labute approximate surface area is 449 Å². The van der Waals surface area contributed by atoms with Gasteiger partial charge in [-0.1, -0.05) is 212 Å². The molecule has 0 fully saturated rings. The van der Waals surface area contributed by atoms with Gasteiger partial charge in [0, 0.05) is 47.9 Å². The highest BCUT2D eigenvalue weighted by atomic mass is 32.1. The largest absolute Gasteiger partial charge is 0.310 e. The summed E-state index contributed by atoms with van der Waals surface area (Å²) in [7, 11) is 0. The number of aromatic nitrogens is 1. The van der Waals surface area contributed by atoms with Crippen molar-refractivity contribution in [3.8, 4) is 50.2 Å². The van der Waals surface area contributed by atoms with Crippen LogP contribution in [0.2, 0.25) is 0 Å². The van der Waals surface area contributed by atoms with Crippen molar-refractivity contribution < 1.29 is 0 Å². The first-order valence-electron chi connectivity index (χ1n) is 26.8. The van der Waals surface area contributed by atoms with E-state index in [0.717, 1.165) is 17.1 Å². The Kier molecular flexibility index (Phi) is 8.18. The Hall–Kier alpha value is -9.54. The topological polar surface area (TPSA) is 8.17 Å². The summed E-state index contributed by atoms with van der Waals surface area (Å²) in [6, 6.07) is 101.